The average Bonchev–Trinajstić information content (AvgIpc) is 3.03. The topological polar surface area (TPSA) is 21.4 Å². The second-order valence-corrected chi connectivity index (χ2v) is 7.27. The fourth-order valence-electron chi connectivity index (χ4n) is 3.78. The summed E-state index contributed by atoms with van der Waals surface area (Å²) in [7, 11) is 1.86. The van der Waals surface area contributed by atoms with E-state index in [1.54, 1.807) is 12.1 Å². The van der Waals surface area contributed by atoms with Gasteiger partial charge in [0.1, 0.15) is 19.6 Å². The van der Waals surface area contributed by atoms with Crippen molar-refractivity contribution in [3.05, 3.63) is 70.7 Å². The Balaban J connectivity index is 2.19. The van der Waals surface area contributed by atoms with Crippen molar-refractivity contribution >= 4 is 27.6 Å². The molecule has 0 aliphatic heterocycles. The zero-order valence-corrected chi connectivity index (χ0v) is 16.3. The number of para-hydroxylation sites is 1. The van der Waals surface area contributed by atoms with Crippen LogP contribution in [0.15, 0.2) is 47.0 Å². The van der Waals surface area contributed by atoms with E-state index in [0.29, 0.717) is 17.4 Å². The minimum atomic E-state index is -0.818. The molecule has 4 aromatic rings. The van der Waals surface area contributed by atoms with Crippen LogP contribution in [0.25, 0.3) is 38.0 Å². The third-order valence-electron chi connectivity index (χ3n) is 5.16. The van der Waals surface area contributed by atoms with Crippen molar-refractivity contribution in [1.82, 2.24) is 0 Å². The van der Waals surface area contributed by atoms with Gasteiger partial charge in [0.15, 0.2) is 6.17 Å². The molecule has 0 spiro atoms. The Bertz CT molecular complexity index is 1340. The van der Waals surface area contributed by atoms with Crippen molar-refractivity contribution in [2.75, 3.05) is 0 Å². The molecule has 0 N–H and O–H groups in total. The summed E-state index contributed by atoms with van der Waals surface area (Å²) in [6.45, 7) is 15.2. The average molecular weight is 357 g/mol. The van der Waals surface area contributed by atoms with Crippen LogP contribution < -0.4 is 4.57 Å². The fourth-order valence-corrected chi connectivity index (χ4v) is 3.78. The molecule has 134 valence electrons. The predicted octanol–water partition coefficient (Wildman–Crippen LogP) is 6.37. The Morgan fingerprint density at radius 3 is 2.63 bits per heavy atom. The van der Waals surface area contributed by atoms with Gasteiger partial charge in [-0.05, 0) is 36.4 Å². The van der Waals surface area contributed by atoms with Crippen molar-refractivity contribution in [2.24, 2.45) is 7.05 Å². The monoisotopic (exact) mass is 357 g/mol. The molecule has 0 aliphatic carbocycles. The lowest BCUT2D eigenvalue weighted by Gasteiger charge is -2.10. The van der Waals surface area contributed by atoms with E-state index in [1.165, 1.54) is 0 Å². The van der Waals surface area contributed by atoms with E-state index in [1.807, 2.05) is 50.6 Å². The van der Waals surface area contributed by atoms with E-state index in [-0.39, 0.29) is 0 Å². The maximum atomic E-state index is 8.44. The van der Waals surface area contributed by atoms with Crippen LogP contribution in [-0.4, -0.2) is 0 Å². The zero-order chi connectivity index (χ0) is 21.1. The molecule has 27 heavy (non-hydrogen) atoms. The minimum Gasteiger partial charge on any atom is -0.466 e. The van der Waals surface area contributed by atoms with E-state index in [9.17, 15) is 0 Å². The highest BCUT2D eigenvalue weighted by Crippen LogP contribution is 2.42. The fraction of sp³-hybridized carbons (Fsp3) is 0.250. The molecule has 0 atom stereocenters. The molecule has 0 saturated carbocycles. The quantitative estimate of drug-likeness (QED) is 0.302. The number of furan rings is 1. The van der Waals surface area contributed by atoms with Crippen molar-refractivity contribution in [3.63, 3.8) is 0 Å². The van der Waals surface area contributed by atoms with Crippen LogP contribution in [-0.2, 0) is 7.05 Å². The third kappa shape index (κ3) is 2.61. The molecular formula is C24H23N2O+. The molecule has 4 rings (SSSR count). The SMILES string of the molecule is [2H]c1cc(C([2H])(C)C)cc(-c2c(C)cc(C)c3c2oc2c([N+]#[C-])cccc23)[n+]1C. The minimum absolute atomic E-state index is 0.337. The highest BCUT2D eigenvalue weighted by molar-refractivity contribution is 6.14. The van der Waals surface area contributed by atoms with Crippen LogP contribution in [0.1, 0.15) is 39.2 Å². The first-order valence-corrected chi connectivity index (χ1v) is 8.98. The predicted molar refractivity (Wildman–Crippen MR) is 110 cm³/mol. The number of hydrogen-bond donors (Lipinski definition) is 0. The van der Waals surface area contributed by atoms with Gasteiger partial charge in [-0.15, -0.1) is 0 Å². The summed E-state index contributed by atoms with van der Waals surface area (Å²) in [6.07, 6.45) is 0.337. The Labute approximate surface area is 162 Å². The van der Waals surface area contributed by atoms with Crippen molar-refractivity contribution < 1.29 is 11.7 Å². The van der Waals surface area contributed by atoms with Gasteiger partial charge < -0.3 is 4.42 Å². The number of hydrogen-bond acceptors (Lipinski definition) is 1. The van der Waals surface area contributed by atoms with Crippen LogP contribution in [0, 0.1) is 20.4 Å². The first kappa shape index (κ1) is 15.0. The maximum Gasteiger partial charge on any atom is 0.229 e. The van der Waals surface area contributed by atoms with Crippen molar-refractivity contribution in [3.8, 4) is 11.3 Å². The highest BCUT2D eigenvalue weighted by atomic mass is 16.3. The lowest BCUT2D eigenvalue weighted by atomic mass is 9.95. The molecule has 2 aromatic heterocycles. The Morgan fingerprint density at radius 2 is 1.93 bits per heavy atom. The Morgan fingerprint density at radius 1 is 1.15 bits per heavy atom. The molecule has 2 heterocycles. The molecule has 2 aromatic carbocycles. The van der Waals surface area contributed by atoms with Crippen LogP contribution in [0.5, 0.6) is 0 Å². The Hall–Kier alpha value is -3.12. The van der Waals surface area contributed by atoms with E-state index in [2.05, 4.69) is 17.8 Å². The molecular weight excluding hydrogens is 332 g/mol. The smallest absolute Gasteiger partial charge is 0.229 e. The largest absolute Gasteiger partial charge is 0.466 e. The summed E-state index contributed by atoms with van der Waals surface area (Å²) in [5.41, 5.74) is 6.46. The normalized spacial score (nSPS) is 12.9. The van der Waals surface area contributed by atoms with Gasteiger partial charge in [0, 0.05) is 24.3 Å². The van der Waals surface area contributed by atoms with Crippen LogP contribution in [0.2, 0.25) is 0 Å². The molecule has 0 radical (unpaired) electrons. The maximum absolute atomic E-state index is 8.44. The molecule has 0 bridgehead atoms. The van der Waals surface area contributed by atoms with Gasteiger partial charge in [-0.1, -0.05) is 38.1 Å². The zero-order valence-electron chi connectivity index (χ0n) is 18.3. The summed E-state index contributed by atoms with van der Waals surface area (Å²) in [5, 5.41) is 1.92. The first-order valence-electron chi connectivity index (χ1n) is 9.98. The number of nitrogens with zero attached hydrogens (tertiary/aromatic N) is 2. The summed E-state index contributed by atoms with van der Waals surface area (Å²) >= 11 is 0. The number of aryl methyl sites for hydroxylation is 2. The molecule has 0 aliphatic rings. The van der Waals surface area contributed by atoms with Gasteiger partial charge in [0.2, 0.25) is 11.4 Å². The number of rotatable bonds is 2. The van der Waals surface area contributed by atoms with Gasteiger partial charge >= 0.3 is 0 Å². The van der Waals surface area contributed by atoms with E-state index in [0.717, 1.165) is 44.3 Å². The van der Waals surface area contributed by atoms with E-state index < -0.39 is 5.89 Å². The van der Waals surface area contributed by atoms with Crippen molar-refractivity contribution in [2.45, 2.75) is 33.6 Å². The highest BCUT2D eigenvalue weighted by Gasteiger charge is 2.23. The lowest BCUT2D eigenvalue weighted by molar-refractivity contribution is -0.660. The van der Waals surface area contributed by atoms with Gasteiger partial charge in [-0.25, -0.2) is 9.41 Å². The number of benzene rings is 2. The van der Waals surface area contributed by atoms with Crippen LogP contribution in [0.3, 0.4) is 0 Å². The lowest BCUT2D eigenvalue weighted by Crippen LogP contribution is -2.31. The van der Waals surface area contributed by atoms with E-state index in [4.69, 9.17) is 13.7 Å². The summed E-state index contributed by atoms with van der Waals surface area (Å²) in [5.74, 6) is -0.818. The summed E-state index contributed by atoms with van der Waals surface area (Å²) in [4.78, 5) is 3.62. The number of pyridine rings is 1. The van der Waals surface area contributed by atoms with Crippen LogP contribution in [0.4, 0.5) is 5.69 Å². The second-order valence-electron chi connectivity index (χ2n) is 7.27. The summed E-state index contributed by atoms with van der Waals surface area (Å²) in [6, 6.07) is 11.5. The molecule has 3 heteroatoms. The second kappa shape index (κ2) is 6.25. The first-order chi connectivity index (χ1) is 13.6. The standard InChI is InChI=1S/C24H23N2O/c1-14(2)17-10-11-26(6)20(13-17)22-16(4)12-15(3)21-18-8-7-9-19(25-5)23(18)27-24(21)22/h7-14H,1-4,6H3/q+1/i11D,14D. The molecule has 0 saturated heterocycles. The number of aromatic nitrogens is 1. The number of fused-ring (bicyclic) bond motifs is 3. The van der Waals surface area contributed by atoms with Gasteiger partial charge in [-0.3, -0.25) is 0 Å². The molecule has 0 fully saturated rings. The molecule has 0 amide bonds. The summed E-state index contributed by atoms with van der Waals surface area (Å²) < 4.78 is 25.0. The van der Waals surface area contributed by atoms with Gasteiger partial charge in [0.05, 0.1) is 12.1 Å². The third-order valence-corrected chi connectivity index (χ3v) is 5.16. The van der Waals surface area contributed by atoms with Crippen molar-refractivity contribution in [1.29, 1.82) is 0 Å². The Kier molecular flexibility index (Phi) is 3.47. The van der Waals surface area contributed by atoms with Gasteiger partial charge in [-0.2, -0.15) is 0 Å². The molecule has 3 nitrogen and oxygen atoms in total. The van der Waals surface area contributed by atoms with Crippen LogP contribution >= 0.6 is 0 Å². The molecule has 0 unspecified atom stereocenters. The van der Waals surface area contributed by atoms with E-state index >= 15 is 0 Å². The van der Waals surface area contributed by atoms with Gasteiger partial charge in [0.25, 0.3) is 0 Å².